The summed E-state index contributed by atoms with van der Waals surface area (Å²) >= 11 is 0. The van der Waals surface area contributed by atoms with Crippen LogP contribution in [-0.4, -0.2) is 13.1 Å². The van der Waals surface area contributed by atoms with E-state index in [0.29, 0.717) is 0 Å². The Labute approximate surface area is 70.6 Å². The second kappa shape index (κ2) is 4.10. The van der Waals surface area contributed by atoms with Gasteiger partial charge < -0.3 is 5.32 Å². The first-order valence-electron chi connectivity index (χ1n) is 4.93. The van der Waals surface area contributed by atoms with Crippen LogP contribution >= 0.6 is 0 Å². The van der Waals surface area contributed by atoms with E-state index < -0.39 is 0 Å². The third kappa shape index (κ3) is 2.19. The molecule has 1 fully saturated rings. The minimum Gasteiger partial charge on any atom is -0.316 e. The predicted octanol–water partition coefficient (Wildman–Crippen LogP) is 2.42. The van der Waals surface area contributed by atoms with E-state index in [9.17, 15) is 0 Å². The summed E-state index contributed by atoms with van der Waals surface area (Å²) in [5.74, 6) is 1.75. The standard InChI is InChI=1S/C10H21N/c1-8(2)10(11-3)9-6-4-5-7-9/h8-11H,4-7H2,1-3H3. The lowest BCUT2D eigenvalue weighted by molar-refractivity contribution is 0.302. The highest BCUT2D eigenvalue weighted by molar-refractivity contribution is 4.81. The maximum Gasteiger partial charge on any atom is 0.0115 e. The fourth-order valence-corrected chi connectivity index (χ4v) is 2.43. The molecule has 1 nitrogen and oxygen atoms in total. The van der Waals surface area contributed by atoms with Gasteiger partial charge in [0.1, 0.15) is 0 Å². The van der Waals surface area contributed by atoms with Gasteiger partial charge in [0.05, 0.1) is 0 Å². The van der Waals surface area contributed by atoms with Gasteiger partial charge in [-0.3, -0.25) is 0 Å². The Morgan fingerprint density at radius 2 is 1.73 bits per heavy atom. The predicted molar refractivity (Wildman–Crippen MR) is 49.6 cm³/mol. The SMILES string of the molecule is CNC(C(C)C)C1CCCC1. The van der Waals surface area contributed by atoms with Crippen molar-refractivity contribution < 1.29 is 0 Å². The zero-order valence-electron chi connectivity index (χ0n) is 8.06. The van der Waals surface area contributed by atoms with Gasteiger partial charge in [-0.15, -0.1) is 0 Å². The Balaban J connectivity index is 2.40. The van der Waals surface area contributed by atoms with Crippen LogP contribution in [0.15, 0.2) is 0 Å². The highest BCUT2D eigenvalue weighted by Crippen LogP contribution is 2.30. The van der Waals surface area contributed by atoms with E-state index in [1.54, 1.807) is 0 Å². The topological polar surface area (TPSA) is 12.0 Å². The molecule has 1 unspecified atom stereocenters. The number of hydrogen-bond acceptors (Lipinski definition) is 1. The summed E-state index contributed by atoms with van der Waals surface area (Å²) in [5.41, 5.74) is 0. The first-order chi connectivity index (χ1) is 5.25. The molecule has 0 aromatic rings. The van der Waals surface area contributed by atoms with Gasteiger partial charge in [0.2, 0.25) is 0 Å². The van der Waals surface area contributed by atoms with Gasteiger partial charge in [-0.2, -0.15) is 0 Å². The lowest BCUT2D eigenvalue weighted by Crippen LogP contribution is -2.36. The van der Waals surface area contributed by atoms with Crippen LogP contribution in [0, 0.1) is 11.8 Å². The van der Waals surface area contributed by atoms with Crippen LogP contribution in [0.25, 0.3) is 0 Å². The quantitative estimate of drug-likeness (QED) is 0.660. The number of nitrogens with one attached hydrogen (secondary N) is 1. The van der Waals surface area contributed by atoms with Crippen molar-refractivity contribution in [2.24, 2.45) is 11.8 Å². The molecule has 1 rings (SSSR count). The van der Waals surface area contributed by atoms with E-state index in [4.69, 9.17) is 0 Å². The molecule has 0 aromatic heterocycles. The van der Waals surface area contributed by atoms with Gasteiger partial charge in [-0.25, -0.2) is 0 Å². The Bertz CT molecular complexity index is 103. The Morgan fingerprint density at radius 1 is 1.18 bits per heavy atom. The van der Waals surface area contributed by atoms with E-state index in [2.05, 4.69) is 26.2 Å². The highest BCUT2D eigenvalue weighted by Gasteiger charge is 2.25. The van der Waals surface area contributed by atoms with E-state index in [0.717, 1.165) is 17.9 Å². The lowest BCUT2D eigenvalue weighted by Gasteiger charge is -2.26. The van der Waals surface area contributed by atoms with Crippen LogP contribution in [0.4, 0.5) is 0 Å². The molecular formula is C10H21N. The van der Waals surface area contributed by atoms with Gasteiger partial charge in [0.25, 0.3) is 0 Å². The molecule has 1 aliphatic rings. The number of hydrogen-bond donors (Lipinski definition) is 1. The van der Waals surface area contributed by atoms with Crippen molar-refractivity contribution in [3.63, 3.8) is 0 Å². The molecule has 0 spiro atoms. The van der Waals surface area contributed by atoms with Gasteiger partial charge >= 0.3 is 0 Å². The van der Waals surface area contributed by atoms with Crippen LogP contribution < -0.4 is 5.32 Å². The molecule has 0 aromatic carbocycles. The zero-order valence-corrected chi connectivity index (χ0v) is 8.06. The molecule has 0 aliphatic heterocycles. The van der Waals surface area contributed by atoms with E-state index in [1.807, 2.05) is 0 Å². The zero-order chi connectivity index (χ0) is 8.27. The molecule has 0 heterocycles. The van der Waals surface area contributed by atoms with Gasteiger partial charge in [-0.1, -0.05) is 26.7 Å². The lowest BCUT2D eigenvalue weighted by atomic mass is 9.89. The van der Waals surface area contributed by atoms with Gasteiger partial charge in [0, 0.05) is 6.04 Å². The molecule has 1 heteroatoms. The first kappa shape index (κ1) is 9.05. The summed E-state index contributed by atoms with van der Waals surface area (Å²) in [5, 5.41) is 3.44. The maximum absolute atomic E-state index is 3.44. The normalized spacial score (nSPS) is 22.9. The molecule has 0 saturated heterocycles. The molecule has 11 heavy (non-hydrogen) atoms. The van der Waals surface area contributed by atoms with Gasteiger partial charge in [0.15, 0.2) is 0 Å². The minimum absolute atomic E-state index is 0.762. The average molecular weight is 155 g/mol. The summed E-state index contributed by atoms with van der Waals surface area (Å²) in [6.07, 6.45) is 5.80. The Hall–Kier alpha value is -0.0400. The van der Waals surface area contributed by atoms with Crippen molar-refractivity contribution in [2.45, 2.75) is 45.6 Å². The van der Waals surface area contributed by atoms with Crippen LogP contribution in [0.3, 0.4) is 0 Å². The smallest absolute Gasteiger partial charge is 0.0115 e. The van der Waals surface area contributed by atoms with Gasteiger partial charge in [-0.05, 0) is 31.7 Å². The summed E-state index contributed by atoms with van der Waals surface area (Å²) < 4.78 is 0. The van der Waals surface area contributed by atoms with E-state index in [-0.39, 0.29) is 0 Å². The van der Waals surface area contributed by atoms with Crippen molar-refractivity contribution in [1.29, 1.82) is 0 Å². The average Bonchev–Trinajstić information content (AvgIpc) is 2.40. The third-order valence-electron chi connectivity index (χ3n) is 2.96. The summed E-state index contributed by atoms with van der Waals surface area (Å²) in [7, 11) is 2.10. The highest BCUT2D eigenvalue weighted by atomic mass is 14.9. The van der Waals surface area contributed by atoms with Crippen LogP contribution in [0.2, 0.25) is 0 Å². The molecule has 1 atom stereocenters. The number of rotatable bonds is 3. The van der Waals surface area contributed by atoms with Crippen molar-refractivity contribution in [1.82, 2.24) is 5.32 Å². The van der Waals surface area contributed by atoms with Crippen LogP contribution in [-0.2, 0) is 0 Å². The molecular weight excluding hydrogens is 134 g/mol. The summed E-state index contributed by atoms with van der Waals surface area (Å²) in [6.45, 7) is 4.64. The molecule has 0 amide bonds. The van der Waals surface area contributed by atoms with E-state index in [1.165, 1.54) is 25.7 Å². The second-order valence-corrected chi connectivity index (χ2v) is 4.10. The Kier molecular flexibility index (Phi) is 3.38. The molecule has 1 aliphatic carbocycles. The maximum atomic E-state index is 3.44. The minimum atomic E-state index is 0.762. The van der Waals surface area contributed by atoms with Crippen molar-refractivity contribution >= 4 is 0 Å². The second-order valence-electron chi connectivity index (χ2n) is 4.10. The molecule has 66 valence electrons. The van der Waals surface area contributed by atoms with Crippen LogP contribution in [0.5, 0.6) is 0 Å². The van der Waals surface area contributed by atoms with E-state index >= 15 is 0 Å². The molecule has 1 N–H and O–H groups in total. The first-order valence-corrected chi connectivity index (χ1v) is 4.93. The fraction of sp³-hybridized carbons (Fsp3) is 1.00. The molecule has 0 bridgehead atoms. The van der Waals surface area contributed by atoms with Crippen LogP contribution in [0.1, 0.15) is 39.5 Å². The summed E-state index contributed by atoms with van der Waals surface area (Å²) in [4.78, 5) is 0. The molecule has 0 radical (unpaired) electrons. The summed E-state index contributed by atoms with van der Waals surface area (Å²) in [6, 6.07) is 0.762. The Morgan fingerprint density at radius 3 is 2.09 bits per heavy atom. The van der Waals surface area contributed by atoms with Crippen molar-refractivity contribution in [2.75, 3.05) is 7.05 Å². The largest absolute Gasteiger partial charge is 0.316 e. The fourth-order valence-electron chi connectivity index (χ4n) is 2.43. The van der Waals surface area contributed by atoms with Crippen molar-refractivity contribution in [3.8, 4) is 0 Å². The third-order valence-corrected chi connectivity index (χ3v) is 2.96. The molecule has 1 saturated carbocycles. The monoisotopic (exact) mass is 155 g/mol. The van der Waals surface area contributed by atoms with Crippen molar-refractivity contribution in [3.05, 3.63) is 0 Å².